The van der Waals surface area contributed by atoms with E-state index < -0.39 is 5.82 Å². The molecule has 0 unspecified atom stereocenters. The zero-order valence-electron chi connectivity index (χ0n) is 13.3. The van der Waals surface area contributed by atoms with Gasteiger partial charge in [0.15, 0.2) is 5.13 Å². The van der Waals surface area contributed by atoms with Gasteiger partial charge in [-0.25, -0.2) is 14.2 Å². The van der Waals surface area contributed by atoms with E-state index in [-0.39, 0.29) is 11.7 Å². The Bertz CT molecular complexity index is 739. The first kappa shape index (κ1) is 17.0. The van der Waals surface area contributed by atoms with Gasteiger partial charge in [0.2, 0.25) is 0 Å². The summed E-state index contributed by atoms with van der Waals surface area (Å²) in [5.74, 6) is -0.537. The van der Waals surface area contributed by atoms with Crippen LogP contribution < -0.4 is 10.2 Å². The molecule has 24 heavy (non-hydrogen) atoms. The summed E-state index contributed by atoms with van der Waals surface area (Å²) in [6.07, 6.45) is 0.842. The van der Waals surface area contributed by atoms with Crippen molar-refractivity contribution in [3.63, 3.8) is 0 Å². The molecule has 5 nitrogen and oxygen atoms in total. The molecule has 0 radical (unpaired) electrons. The number of nitrogens with zero attached hydrogens (tertiary/aromatic N) is 3. The Kier molecular flexibility index (Phi) is 5.20. The molecule has 1 aliphatic heterocycles. The van der Waals surface area contributed by atoms with Crippen molar-refractivity contribution in [2.24, 2.45) is 0 Å². The van der Waals surface area contributed by atoms with Crippen LogP contribution >= 0.6 is 22.9 Å². The van der Waals surface area contributed by atoms with E-state index in [4.69, 9.17) is 11.6 Å². The summed E-state index contributed by atoms with van der Waals surface area (Å²) < 4.78 is 13.8. The first-order chi connectivity index (χ1) is 11.5. The van der Waals surface area contributed by atoms with Crippen molar-refractivity contribution in [1.82, 2.24) is 9.88 Å². The number of urea groups is 1. The molecule has 8 heteroatoms. The minimum atomic E-state index is -0.537. The fraction of sp³-hybridized carbons (Fsp3) is 0.375. The summed E-state index contributed by atoms with van der Waals surface area (Å²) in [5, 5.41) is 5.92. The number of hydrogen-bond donors (Lipinski definition) is 1. The second-order valence-electron chi connectivity index (χ2n) is 5.65. The molecule has 2 heterocycles. The lowest BCUT2D eigenvalue weighted by atomic mass is 10.3. The number of amides is 2. The average Bonchev–Trinajstić information content (AvgIpc) is 2.83. The van der Waals surface area contributed by atoms with Crippen LogP contribution in [-0.2, 0) is 0 Å². The number of hydrogen-bond acceptors (Lipinski definition) is 4. The van der Waals surface area contributed by atoms with Crippen LogP contribution in [0.25, 0.3) is 0 Å². The van der Waals surface area contributed by atoms with E-state index in [1.165, 1.54) is 12.1 Å². The average molecular weight is 369 g/mol. The molecular formula is C16H18ClFN4OS. The number of aromatic nitrogens is 1. The van der Waals surface area contributed by atoms with Gasteiger partial charge in [-0.2, -0.15) is 0 Å². The minimum absolute atomic E-state index is 0.140. The van der Waals surface area contributed by atoms with Crippen molar-refractivity contribution in [2.75, 3.05) is 36.4 Å². The number of carbonyl (C=O) groups is 1. The third-order valence-electron chi connectivity index (χ3n) is 3.83. The van der Waals surface area contributed by atoms with Crippen LogP contribution in [0.3, 0.4) is 0 Å². The molecule has 1 saturated heterocycles. The summed E-state index contributed by atoms with van der Waals surface area (Å²) in [7, 11) is 0. The standard InChI is InChI=1S/C16H18ClFN4OS/c1-11-10-24-16(19-11)22-6-2-5-21(7-8-22)15(23)20-14-4-3-12(17)9-13(14)18/h3-4,9-10H,2,5-8H2,1H3,(H,20,23). The summed E-state index contributed by atoms with van der Waals surface area (Å²) in [5.41, 5.74) is 1.15. The Hall–Kier alpha value is -1.86. The molecular weight excluding hydrogens is 351 g/mol. The van der Waals surface area contributed by atoms with E-state index in [1.807, 2.05) is 12.3 Å². The van der Waals surface area contributed by atoms with Gasteiger partial charge < -0.3 is 15.1 Å². The quantitative estimate of drug-likeness (QED) is 0.872. The van der Waals surface area contributed by atoms with Crippen LogP contribution in [0.4, 0.5) is 20.0 Å². The van der Waals surface area contributed by atoms with Gasteiger partial charge in [0.1, 0.15) is 5.82 Å². The molecule has 0 saturated carbocycles. The number of aryl methyl sites for hydroxylation is 1. The fourth-order valence-corrected chi connectivity index (χ4v) is 3.60. The maximum Gasteiger partial charge on any atom is 0.321 e. The van der Waals surface area contributed by atoms with Crippen molar-refractivity contribution in [2.45, 2.75) is 13.3 Å². The lowest BCUT2D eigenvalue weighted by molar-refractivity contribution is 0.215. The van der Waals surface area contributed by atoms with E-state index in [0.29, 0.717) is 24.7 Å². The zero-order chi connectivity index (χ0) is 17.1. The maximum atomic E-state index is 13.8. The van der Waals surface area contributed by atoms with E-state index in [0.717, 1.165) is 23.8 Å². The molecule has 0 aliphatic carbocycles. The Labute approximate surface area is 149 Å². The molecule has 1 aromatic carbocycles. The predicted octanol–water partition coefficient (Wildman–Crippen LogP) is 3.99. The number of carbonyl (C=O) groups excluding carboxylic acids is 1. The van der Waals surface area contributed by atoms with Crippen molar-refractivity contribution >= 4 is 39.8 Å². The van der Waals surface area contributed by atoms with Crippen molar-refractivity contribution in [3.05, 3.63) is 40.1 Å². The Morgan fingerprint density at radius 3 is 2.88 bits per heavy atom. The predicted molar refractivity (Wildman–Crippen MR) is 95.7 cm³/mol. The number of benzene rings is 1. The molecule has 0 atom stereocenters. The molecule has 3 rings (SSSR count). The number of rotatable bonds is 2. The highest BCUT2D eigenvalue weighted by atomic mass is 35.5. The SMILES string of the molecule is Cc1csc(N2CCCN(C(=O)Nc3ccc(Cl)cc3F)CC2)n1. The highest BCUT2D eigenvalue weighted by Gasteiger charge is 2.21. The lowest BCUT2D eigenvalue weighted by Crippen LogP contribution is -2.38. The highest BCUT2D eigenvalue weighted by Crippen LogP contribution is 2.22. The van der Waals surface area contributed by atoms with E-state index in [9.17, 15) is 9.18 Å². The molecule has 0 bridgehead atoms. The first-order valence-corrected chi connectivity index (χ1v) is 8.97. The van der Waals surface area contributed by atoms with E-state index in [1.54, 1.807) is 22.3 Å². The monoisotopic (exact) mass is 368 g/mol. The maximum absolute atomic E-state index is 13.8. The van der Waals surface area contributed by atoms with Crippen LogP contribution in [0.15, 0.2) is 23.6 Å². The molecule has 1 N–H and O–H groups in total. The van der Waals surface area contributed by atoms with E-state index in [2.05, 4.69) is 15.2 Å². The molecule has 128 valence electrons. The Balaban J connectivity index is 1.62. The number of thiazole rings is 1. The van der Waals surface area contributed by atoms with Gasteiger partial charge in [0.05, 0.1) is 11.4 Å². The molecule has 1 fully saturated rings. The highest BCUT2D eigenvalue weighted by molar-refractivity contribution is 7.13. The normalized spacial score (nSPS) is 15.3. The fourth-order valence-electron chi connectivity index (χ4n) is 2.58. The molecule has 2 amide bonds. The van der Waals surface area contributed by atoms with Crippen LogP contribution in [0.5, 0.6) is 0 Å². The number of nitrogens with one attached hydrogen (secondary N) is 1. The summed E-state index contributed by atoms with van der Waals surface area (Å²) in [6.45, 7) is 4.73. The van der Waals surface area contributed by atoms with Gasteiger partial charge in [0, 0.05) is 36.6 Å². The van der Waals surface area contributed by atoms with Gasteiger partial charge in [0.25, 0.3) is 0 Å². The van der Waals surface area contributed by atoms with Crippen molar-refractivity contribution in [3.8, 4) is 0 Å². The number of halogens is 2. The topological polar surface area (TPSA) is 48.5 Å². The largest absolute Gasteiger partial charge is 0.346 e. The Morgan fingerprint density at radius 2 is 2.17 bits per heavy atom. The van der Waals surface area contributed by atoms with Crippen LogP contribution in [-0.4, -0.2) is 42.1 Å². The van der Waals surface area contributed by atoms with Crippen LogP contribution in [0, 0.1) is 12.7 Å². The van der Waals surface area contributed by atoms with Crippen LogP contribution in [0.1, 0.15) is 12.1 Å². The Morgan fingerprint density at radius 1 is 1.33 bits per heavy atom. The molecule has 2 aromatic rings. The smallest absolute Gasteiger partial charge is 0.321 e. The van der Waals surface area contributed by atoms with Crippen molar-refractivity contribution in [1.29, 1.82) is 0 Å². The van der Waals surface area contributed by atoms with Gasteiger partial charge in [-0.1, -0.05) is 11.6 Å². The van der Waals surface area contributed by atoms with Crippen LogP contribution in [0.2, 0.25) is 5.02 Å². The van der Waals surface area contributed by atoms with Gasteiger partial charge in [-0.15, -0.1) is 11.3 Å². The third-order valence-corrected chi connectivity index (χ3v) is 5.09. The van der Waals surface area contributed by atoms with Gasteiger partial charge >= 0.3 is 6.03 Å². The summed E-state index contributed by atoms with van der Waals surface area (Å²) in [4.78, 5) is 20.8. The molecule has 0 spiro atoms. The van der Waals surface area contributed by atoms with Crippen molar-refractivity contribution < 1.29 is 9.18 Å². The summed E-state index contributed by atoms with van der Waals surface area (Å²) in [6, 6.07) is 3.91. The van der Waals surface area contributed by atoms with E-state index >= 15 is 0 Å². The second kappa shape index (κ2) is 7.36. The summed E-state index contributed by atoms with van der Waals surface area (Å²) >= 11 is 7.34. The third kappa shape index (κ3) is 3.96. The second-order valence-corrected chi connectivity index (χ2v) is 6.93. The first-order valence-electron chi connectivity index (χ1n) is 7.71. The zero-order valence-corrected chi connectivity index (χ0v) is 14.8. The number of anilines is 2. The molecule has 1 aliphatic rings. The lowest BCUT2D eigenvalue weighted by Gasteiger charge is -2.22. The van der Waals surface area contributed by atoms with Gasteiger partial charge in [-0.05, 0) is 31.5 Å². The van der Waals surface area contributed by atoms with Gasteiger partial charge in [-0.3, -0.25) is 0 Å². The minimum Gasteiger partial charge on any atom is -0.346 e. The molecule has 1 aromatic heterocycles.